The van der Waals surface area contributed by atoms with Crippen LogP contribution < -0.4 is 0 Å². The number of rotatable bonds is 5. The molecule has 2 aromatic rings. The van der Waals surface area contributed by atoms with Gasteiger partial charge in [0.25, 0.3) is 0 Å². The first-order chi connectivity index (χ1) is 12.4. The van der Waals surface area contributed by atoms with Crippen LogP contribution in [0.3, 0.4) is 0 Å². The molecule has 26 heavy (non-hydrogen) atoms. The number of likely N-dealkylation sites (tertiary alicyclic amines) is 1. The Morgan fingerprint density at radius 1 is 1.12 bits per heavy atom. The first kappa shape index (κ1) is 19.2. The molecule has 1 aromatic heterocycles. The van der Waals surface area contributed by atoms with E-state index >= 15 is 0 Å². The number of hydrogen-bond donors (Lipinski definition) is 1. The average molecular weight is 355 g/mol. The quantitative estimate of drug-likeness (QED) is 0.807. The van der Waals surface area contributed by atoms with Crippen molar-refractivity contribution in [1.29, 1.82) is 0 Å². The summed E-state index contributed by atoms with van der Waals surface area (Å²) in [7, 11) is 0. The molecule has 1 aromatic carbocycles. The van der Waals surface area contributed by atoms with E-state index in [1.165, 1.54) is 28.1 Å². The lowest BCUT2D eigenvalue weighted by Gasteiger charge is -2.30. The molecule has 0 bridgehead atoms. The molecule has 1 fully saturated rings. The number of nitrogens with zero attached hydrogens (tertiary/aromatic N) is 2. The summed E-state index contributed by atoms with van der Waals surface area (Å²) >= 11 is 0. The average Bonchev–Trinajstić information content (AvgIpc) is 2.92. The van der Waals surface area contributed by atoms with E-state index in [-0.39, 0.29) is 6.10 Å². The van der Waals surface area contributed by atoms with Gasteiger partial charge in [0, 0.05) is 30.5 Å². The molecule has 0 radical (unpaired) electrons. The van der Waals surface area contributed by atoms with Crippen LogP contribution in [0.4, 0.5) is 0 Å². The third kappa shape index (κ3) is 4.05. The SMILES string of the molecule is Cc1c(CN2CCCC(O)C2)cc(-c2ccc(C(C)C)cc2)n1C(C)C. The molecule has 0 amide bonds. The van der Waals surface area contributed by atoms with Crippen LogP contribution in [-0.2, 0) is 6.54 Å². The molecule has 3 nitrogen and oxygen atoms in total. The highest BCUT2D eigenvalue weighted by Gasteiger charge is 2.21. The Kier molecular flexibility index (Phi) is 5.89. The van der Waals surface area contributed by atoms with Crippen LogP contribution in [-0.4, -0.2) is 33.8 Å². The van der Waals surface area contributed by atoms with Crippen molar-refractivity contribution in [2.24, 2.45) is 0 Å². The Morgan fingerprint density at radius 3 is 2.38 bits per heavy atom. The Morgan fingerprint density at radius 2 is 1.81 bits per heavy atom. The van der Waals surface area contributed by atoms with Gasteiger partial charge in [-0.15, -0.1) is 0 Å². The van der Waals surface area contributed by atoms with Crippen LogP contribution in [0.25, 0.3) is 11.3 Å². The second-order valence-corrected chi connectivity index (χ2v) is 8.41. The van der Waals surface area contributed by atoms with Crippen LogP contribution in [0.5, 0.6) is 0 Å². The maximum Gasteiger partial charge on any atom is 0.0667 e. The zero-order valence-corrected chi connectivity index (χ0v) is 17.0. The van der Waals surface area contributed by atoms with Crippen molar-refractivity contribution >= 4 is 0 Å². The van der Waals surface area contributed by atoms with E-state index in [0.717, 1.165) is 32.5 Å². The number of aliphatic hydroxyl groups is 1. The summed E-state index contributed by atoms with van der Waals surface area (Å²) in [6.45, 7) is 14.0. The minimum Gasteiger partial charge on any atom is -0.392 e. The number of benzene rings is 1. The second kappa shape index (κ2) is 7.98. The van der Waals surface area contributed by atoms with Crippen LogP contribution in [0.1, 0.15) is 69.3 Å². The lowest BCUT2D eigenvalue weighted by Crippen LogP contribution is -2.37. The van der Waals surface area contributed by atoms with E-state index in [1.807, 2.05) is 0 Å². The molecule has 2 heterocycles. The van der Waals surface area contributed by atoms with Crippen molar-refractivity contribution in [3.05, 3.63) is 47.2 Å². The number of aromatic nitrogens is 1. The highest BCUT2D eigenvalue weighted by molar-refractivity contribution is 5.63. The molecule has 0 spiro atoms. The number of piperidine rings is 1. The van der Waals surface area contributed by atoms with Crippen molar-refractivity contribution in [2.75, 3.05) is 13.1 Å². The smallest absolute Gasteiger partial charge is 0.0667 e. The zero-order valence-electron chi connectivity index (χ0n) is 17.0. The standard InChI is InChI=1S/C23H34N2O/c1-16(2)19-8-10-20(11-9-19)23-13-21(18(5)25(23)17(3)4)14-24-12-6-7-22(26)15-24/h8-11,13,16-17,22,26H,6-7,12,14-15H2,1-5H3. The van der Waals surface area contributed by atoms with Gasteiger partial charge in [-0.3, -0.25) is 4.90 Å². The molecule has 1 unspecified atom stereocenters. The highest BCUT2D eigenvalue weighted by Crippen LogP contribution is 2.31. The first-order valence-corrected chi connectivity index (χ1v) is 10.1. The van der Waals surface area contributed by atoms with Crippen LogP contribution in [0, 0.1) is 6.92 Å². The predicted molar refractivity (Wildman–Crippen MR) is 110 cm³/mol. The summed E-state index contributed by atoms with van der Waals surface area (Å²) < 4.78 is 2.46. The van der Waals surface area contributed by atoms with Gasteiger partial charge in [0.1, 0.15) is 0 Å². The van der Waals surface area contributed by atoms with E-state index < -0.39 is 0 Å². The van der Waals surface area contributed by atoms with E-state index in [4.69, 9.17) is 0 Å². The van der Waals surface area contributed by atoms with E-state index in [0.29, 0.717) is 12.0 Å². The maximum absolute atomic E-state index is 9.98. The zero-order chi connectivity index (χ0) is 18.8. The monoisotopic (exact) mass is 354 g/mol. The third-order valence-corrected chi connectivity index (χ3v) is 5.66. The summed E-state index contributed by atoms with van der Waals surface area (Å²) in [5.41, 5.74) is 6.71. The number of hydrogen-bond acceptors (Lipinski definition) is 2. The molecule has 1 aliphatic rings. The van der Waals surface area contributed by atoms with Crippen molar-refractivity contribution in [2.45, 2.75) is 72.1 Å². The summed E-state index contributed by atoms with van der Waals surface area (Å²) in [6.07, 6.45) is 1.86. The van der Waals surface area contributed by atoms with E-state index in [2.05, 4.69) is 74.4 Å². The first-order valence-electron chi connectivity index (χ1n) is 10.1. The molecular weight excluding hydrogens is 320 g/mol. The topological polar surface area (TPSA) is 28.4 Å². The van der Waals surface area contributed by atoms with Gasteiger partial charge in [-0.1, -0.05) is 38.1 Å². The van der Waals surface area contributed by atoms with Crippen molar-refractivity contribution in [3.8, 4) is 11.3 Å². The minimum atomic E-state index is -0.167. The Labute approximate surface area is 158 Å². The van der Waals surface area contributed by atoms with Crippen LogP contribution in [0.2, 0.25) is 0 Å². The van der Waals surface area contributed by atoms with Crippen molar-refractivity contribution < 1.29 is 5.11 Å². The Bertz CT molecular complexity index is 727. The molecule has 3 rings (SSSR count). The van der Waals surface area contributed by atoms with E-state index in [1.54, 1.807) is 0 Å². The fourth-order valence-electron chi connectivity index (χ4n) is 4.18. The van der Waals surface area contributed by atoms with E-state index in [9.17, 15) is 5.11 Å². The molecule has 1 N–H and O–H groups in total. The fraction of sp³-hybridized carbons (Fsp3) is 0.565. The van der Waals surface area contributed by atoms with Gasteiger partial charge >= 0.3 is 0 Å². The molecule has 1 aliphatic heterocycles. The Balaban J connectivity index is 1.92. The van der Waals surface area contributed by atoms with Gasteiger partial charge in [-0.25, -0.2) is 0 Å². The molecule has 1 saturated heterocycles. The van der Waals surface area contributed by atoms with Crippen LogP contribution >= 0.6 is 0 Å². The normalized spacial score (nSPS) is 18.8. The summed E-state index contributed by atoms with van der Waals surface area (Å²) in [4.78, 5) is 2.40. The van der Waals surface area contributed by atoms with Gasteiger partial charge in [-0.05, 0) is 68.8 Å². The predicted octanol–water partition coefficient (Wildman–Crippen LogP) is 5.12. The molecule has 142 valence electrons. The molecule has 0 aliphatic carbocycles. The van der Waals surface area contributed by atoms with Crippen molar-refractivity contribution in [1.82, 2.24) is 9.47 Å². The Hall–Kier alpha value is -1.58. The molecule has 1 atom stereocenters. The van der Waals surface area contributed by atoms with Gasteiger partial charge in [-0.2, -0.15) is 0 Å². The summed E-state index contributed by atoms with van der Waals surface area (Å²) in [5, 5.41) is 9.98. The lowest BCUT2D eigenvalue weighted by atomic mass is 10.0. The molecular formula is C23H34N2O. The summed E-state index contributed by atoms with van der Waals surface area (Å²) in [5.74, 6) is 0.559. The van der Waals surface area contributed by atoms with Gasteiger partial charge < -0.3 is 9.67 Å². The largest absolute Gasteiger partial charge is 0.392 e. The number of aliphatic hydroxyl groups excluding tert-OH is 1. The maximum atomic E-state index is 9.98. The van der Waals surface area contributed by atoms with Gasteiger partial charge in [0.05, 0.1) is 6.10 Å². The fourth-order valence-corrected chi connectivity index (χ4v) is 4.18. The van der Waals surface area contributed by atoms with Gasteiger partial charge in [0.2, 0.25) is 0 Å². The van der Waals surface area contributed by atoms with Crippen molar-refractivity contribution in [3.63, 3.8) is 0 Å². The lowest BCUT2D eigenvalue weighted by molar-refractivity contribution is 0.0667. The molecule has 0 saturated carbocycles. The summed E-state index contributed by atoms with van der Waals surface area (Å²) in [6, 6.07) is 11.8. The molecule has 3 heteroatoms. The highest BCUT2D eigenvalue weighted by atomic mass is 16.3. The number of β-amino-alcohol motifs (C(OH)–C–C–N with tert-alkyl or cyclic N) is 1. The second-order valence-electron chi connectivity index (χ2n) is 8.41. The minimum absolute atomic E-state index is 0.167. The third-order valence-electron chi connectivity index (χ3n) is 5.66. The van der Waals surface area contributed by atoms with Gasteiger partial charge in [0.15, 0.2) is 0 Å². The van der Waals surface area contributed by atoms with Crippen LogP contribution in [0.15, 0.2) is 30.3 Å².